The van der Waals surface area contributed by atoms with Gasteiger partial charge in [0.15, 0.2) is 6.10 Å². The highest BCUT2D eigenvalue weighted by Gasteiger charge is 2.36. The summed E-state index contributed by atoms with van der Waals surface area (Å²) in [5.74, 6) is -1.78. The number of ketones is 1. The standard InChI is InChI=1S/C34H21BrCl2N2O5/c35-21-9-14-28-26(17-21)27(34(43)44-30(15-16-36)31(40)20-5-10-22(37)11-6-20)18-29(38-28)19-7-12-23(13-8-19)39-32(41)24-3-1-2-4-25(24)33(39)42/h1-14,17-18,30H,15-16H2. The summed E-state index contributed by atoms with van der Waals surface area (Å²) < 4.78 is 6.50. The van der Waals surface area contributed by atoms with Crippen LogP contribution in [0.15, 0.2) is 102 Å². The number of carbonyl (C=O) groups excluding carboxylic acids is 4. The van der Waals surface area contributed by atoms with Crippen molar-refractivity contribution in [3.05, 3.63) is 129 Å². The molecule has 1 aromatic heterocycles. The lowest BCUT2D eigenvalue weighted by Gasteiger charge is -2.18. The summed E-state index contributed by atoms with van der Waals surface area (Å²) in [6.45, 7) is 0. The molecule has 0 saturated heterocycles. The van der Waals surface area contributed by atoms with E-state index >= 15 is 0 Å². The minimum absolute atomic E-state index is 0.102. The quantitative estimate of drug-likeness (QED) is 0.0707. The highest BCUT2D eigenvalue weighted by atomic mass is 79.9. The summed E-state index contributed by atoms with van der Waals surface area (Å²) in [5, 5.41) is 1.00. The maximum absolute atomic E-state index is 13.7. The first-order chi connectivity index (χ1) is 21.2. The van der Waals surface area contributed by atoms with Crippen molar-refractivity contribution in [3.63, 3.8) is 0 Å². The maximum Gasteiger partial charge on any atom is 0.339 e. The van der Waals surface area contributed by atoms with Crippen LogP contribution >= 0.6 is 39.1 Å². The number of alkyl halides is 1. The Kier molecular flexibility index (Phi) is 8.31. The van der Waals surface area contributed by atoms with Gasteiger partial charge < -0.3 is 4.74 Å². The molecule has 6 rings (SSSR count). The Morgan fingerprint density at radius 2 is 1.52 bits per heavy atom. The molecule has 0 saturated carbocycles. The lowest BCUT2D eigenvalue weighted by Crippen LogP contribution is -2.29. The van der Waals surface area contributed by atoms with Gasteiger partial charge in [-0.2, -0.15) is 0 Å². The number of anilines is 1. The van der Waals surface area contributed by atoms with Gasteiger partial charge in [0.1, 0.15) is 0 Å². The lowest BCUT2D eigenvalue weighted by molar-refractivity contribution is 0.0280. The van der Waals surface area contributed by atoms with Crippen LogP contribution in [0.1, 0.15) is 47.9 Å². The van der Waals surface area contributed by atoms with Gasteiger partial charge in [-0.1, -0.05) is 51.8 Å². The van der Waals surface area contributed by atoms with E-state index in [4.69, 9.17) is 32.9 Å². The molecule has 218 valence electrons. The van der Waals surface area contributed by atoms with Gasteiger partial charge in [-0.25, -0.2) is 14.7 Å². The molecule has 2 heterocycles. The fraction of sp³-hybridized carbons (Fsp3) is 0.0882. The number of hydrogen-bond acceptors (Lipinski definition) is 6. The van der Waals surface area contributed by atoms with Crippen molar-refractivity contribution >= 4 is 79.3 Å². The van der Waals surface area contributed by atoms with E-state index in [9.17, 15) is 19.2 Å². The van der Waals surface area contributed by atoms with Crippen LogP contribution in [0.25, 0.3) is 22.2 Å². The highest BCUT2D eigenvalue weighted by molar-refractivity contribution is 9.10. The number of nitrogens with zero attached hydrogens (tertiary/aromatic N) is 2. The molecule has 1 atom stereocenters. The van der Waals surface area contributed by atoms with Crippen molar-refractivity contribution in [2.24, 2.45) is 0 Å². The topological polar surface area (TPSA) is 93.6 Å². The van der Waals surface area contributed by atoms with Crippen LogP contribution in [0.5, 0.6) is 0 Å². The van der Waals surface area contributed by atoms with E-state index < -0.39 is 23.9 Å². The van der Waals surface area contributed by atoms with Gasteiger partial charge >= 0.3 is 5.97 Å². The minimum Gasteiger partial charge on any atom is -0.450 e. The van der Waals surface area contributed by atoms with Crippen molar-refractivity contribution in [1.82, 2.24) is 4.98 Å². The molecule has 7 nitrogen and oxygen atoms in total. The molecular formula is C34H21BrCl2N2O5. The van der Waals surface area contributed by atoms with Crippen molar-refractivity contribution < 1.29 is 23.9 Å². The number of fused-ring (bicyclic) bond motifs is 2. The van der Waals surface area contributed by atoms with E-state index in [1.807, 2.05) is 0 Å². The Hall–Kier alpha value is -4.37. The molecule has 0 radical (unpaired) electrons. The largest absolute Gasteiger partial charge is 0.450 e. The molecule has 0 bridgehead atoms. The van der Waals surface area contributed by atoms with Crippen LogP contribution in [0.3, 0.4) is 0 Å². The smallest absolute Gasteiger partial charge is 0.339 e. The van der Waals surface area contributed by atoms with E-state index in [1.165, 1.54) is 0 Å². The van der Waals surface area contributed by atoms with E-state index in [-0.39, 0.29) is 23.6 Å². The third kappa shape index (κ3) is 5.64. The first kappa shape index (κ1) is 29.7. The van der Waals surface area contributed by atoms with Gasteiger partial charge in [0.25, 0.3) is 11.8 Å². The number of ether oxygens (including phenoxy) is 1. The van der Waals surface area contributed by atoms with Crippen molar-refractivity contribution in [3.8, 4) is 11.3 Å². The number of imide groups is 1. The molecule has 4 aromatic carbocycles. The van der Waals surface area contributed by atoms with Crippen LogP contribution in [-0.4, -0.2) is 40.5 Å². The zero-order valence-electron chi connectivity index (χ0n) is 22.8. The Morgan fingerprint density at radius 1 is 0.864 bits per heavy atom. The number of Topliss-reactive ketones (excluding diaryl/α,β-unsaturated/α-hetero) is 1. The van der Waals surface area contributed by atoms with Crippen LogP contribution < -0.4 is 4.90 Å². The molecule has 1 aliphatic heterocycles. The van der Waals surface area contributed by atoms with Gasteiger partial charge in [-0.15, -0.1) is 11.6 Å². The summed E-state index contributed by atoms with van der Waals surface area (Å²) in [5.41, 5.74) is 3.30. The average molecular weight is 688 g/mol. The molecule has 44 heavy (non-hydrogen) atoms. The molecule has 0 N–H and O–H groups in total. The van der Waals surface area contributed by atoms with Crippen molar-refractivity contribution in [1.29, 1.82) is 0 Å². The summed E-state index contributed by atoms with van der Waals surface area (Å²) >= 11 is 15.4. The number of aromatic nitrogens is 1. The summed E-state index contributed by atoms with van der Waals surface area (Å²) in [6.07, 6.45) is -0.993. The second-order valence-electron chi connectivity index (χ2n) is 10.00. The zero-order chi connectivity index (χ0) is 31.0. The molecule has 2 amide bonds. The highest BCUT2D eigenvalue weighted by Crippen LogP contribution is 2.32. The molecule has 10 heteroatoms. The summed E-state index contributed by atoms with van der Waals surface area (Å²) in [7, 11) is 0. The number of pyridine rings is 1. The fourth-order valence-electron chi connectivity index (χ4n) is 5.06. The predicted molar refractivity (Wildman–Crippen MR) is 173 cm³/mol. The predicted octanol–water partition coefficient (Wildman–Crippen LogP) is 8.16. The second kappa shape index (κ2) is 12.3. The minimum atomic E-state index is -1.11. The average Bonchev–Trinajstić information content (AvgIpc) is 3.29. The molecule has 0 aliphatic carbocycles. The third-order valence-electron chi connectivity index (χ3n) is 7.25. The van der Waals surface area contributed by atoms with Crippen LogP contribution in [0.4, 0.5) is 5.69 Å². The Balaban J connectivity index is 1.33. The summed E-state index contributed by atoms with van der Waals surface area (Å²) in [4.78, 5) is 58.7. The van der Waals surface area contributed by atoms with Crippen LogP contribution in [-0.2, 0) is 4.74 Å². The Bertz CT molecular complexity index is 1930. The number of rotatable bonds is 8. The Labute approximate surface area is 270 Å². The first-order valence-electron chi connectivity index (χ1n) is 13.5. The summed E-state index contributed by atoms with van der Waals surface area (Å²) in [6, 6.07) is 26.7. The number of halogens is 3. The van der Waals surface area contributed by atoms with Gasteiger partial charge in [-0.3, -0.25) is 14.4 Å². The molecule has 1 unspecified atom stereocenters. The van der Waals surface area contributed by atoms with E-state index in [1.54, 1.807) is 97.1 Å². The van der Waals surface area contributed by atoms with E-state index in [0.29, 0.717) is 49.6 Å². The van der Waals surface area contributed by atoms with Gasteiger partial charge in [0.05, 0.1) is 33.6 Å². The van der Waals surface area contributed by atoms with Crippen LogP contribution in [0.2, 0.25) is 5.02 Å². The number of carbonyl (C=O) groups is 4. The van der Waals surface area contributed by atoms with Gasteiger partial charge in [-0.05, 0) is 72.8 Å². The maximum atomic E-state index is 13.7. The third-order valence-corrected chi connectivity index (χ3v) is 8.21. The van der Waals surface area contributed by atoms with Crippen LogP contribution in [0, 0.1) is 0 Å². The number of benzene rings is 4. The normalized spacial score (nSPS) is 13.2. The molecule has 0 fully saturated rings. The lowest BCUT2D eigenvalue weighted by atomic mass is 10.0. The Morgan fingerprint density at radius 3 is 2.16 bits per heavy atom. The number of esters is 1. The zero-order valence-corrected chi connectivity index (χ0v) is 25.9. The van der Waals surface area contributed by atoms with E-state index in [0.717, 1.165) is 9.37 Å². The first-order valence-corrected chi connectivity index (χ1v) is 15.2. The fourth-order valence-corrected chi connectivity index (χ4v) is 5.74. The molecule has 5 aromatic rings. The SMILES string of the molecule is O=C(OC(CCCl)C(=O)c1ccc(Cl)cc1)c1cc(-c2ccc(N3C(=O)c4ccccc4C3=O)cc2)nc2ccc(Br)cc12. The van der Waals surface area contributed by atoms with Crippen molar-refractivity contribution in [2.75, 3.05) is 10.8 Å². The van der Waals surface area contributed by atoms with Gasteiger partial charge in [0.2, 0.25) is 5.78 Å². The van der Waals surface area contributed by atoms with Crippen molar-refractivity contribution in [2.45, 2.75) is 12.5 Å². The monoisotopic (exact) mass is 686 g/mol. The number of amides is 2. The van der Waals surface area contributed by atoms with E-state index in [2.05, 4.69) is 15.9 Å². The molecule has 0 spiro atoms. The van der Waals surface area contributed by atoms with Gasteiger partial charge in [0, 0.05) is 38.3 Å². The second-order valence-corrected chi connectivity index (χ2v) is 11.7. The molecule has 1 aliphatic rings. The molecular weight excluding hydrogens is 667 g/mol. The number of hydrogen-bond donors (Lipinski definition) is 0.